The van der Waals surface area contributed by atoms with Crippen LogP contribution in [-0.4, -0.2) is 4.57 Å². The highest BCUT2D eigenvalue weighted by atomic mass is 15.0. The Morgan fingerprint density at radius 3 is 2.28 bits per heavy atom. The largest absolute Gasteiger partial charge is 0.381 e. The van der Waals surface area contributed by atoms with Gasteiger partial charge >= 0.3 is 0 Å². The summed E-state index contributed by atoms with van der Waals surface area (Å²) in [5.74, 6) is 0. The molecule has 0 saturated carbocycles. The number of nitrogens with zero attached hydrogens (tertiary/aromatic N) is 1. The highest BCUT2D eigenvalue weighted by Crippen LogP contribution is 2.16. The summed E-state index contributed by atoms with van der Waals surface area (Å²) < 4.78 is 2.23. The normalized spacial score (nSPS) is 10.7. The van der Waals surface area contributed by atoms with Crippen molar-refractivity contribution in [3.63, 3.8) is 0 Å². The third-order valence-electron chi connectivity index (χ3n) is 3.73. The topological polar surface area (TPSA) is 17.0 Å². The maximum absolute atomic E-state index is 3.48. The number of aryl methyl sites for hydroxylation is 2. The molecule has 2 heteroatoms. The predicted octanol–water partition coefficient (Wildman–Crippen LogP) is 3.82. The fraction of sp³-hybridized carbons (Fsp3) is 0.375. The molecular formula is C16H22N2. The van der Waals surface area contributed by atoms with Crippen LogP contribution in [0.5, 0.6) is 0 Å². The molecule has 0 atom stereocenters. The van der Waals surface area contributed by atoms with E-state index in [0.29, 0.717) is 0 Å². The lowest BCUT2D eigenvalue weighted by Crippen LogP contribution is -2.01. The minimum atomic E-state index is 0.888. The fourth-order valence-electron chi connectivity index (χ4n) is 2.17. The molecule has 0 radical (unpaired) electrons. The Morgan fingerprint density at radius 2 is 1.78 bits per heavy atom. The molecule has 1 N–H and O–H groups in total. The van der Waals surface area contributed by atoms with E-state index in [0.717, 1.165) is 13.0 Å². The van der Waals surface area contributed by atoms with Gasteiger partial charge in [0.05, 0.1) is 0 Å². The molecule has 0 spiro atoms. The van der Waals surface area contributed by atoms with E-state index in [1.54, 1.807) is 0 Å². The first-order valence-electron chi connectivity index (χ1n) is 6.56. The minimum absolute atomic E-state index is 0.888. The lowest BCUT2D eigenvalue weighted by molar-refractivity contribution is 0.837. The van der Waals surface area contributed by atoms with Gasteiger partial charge in [-0.1, -0.05) is 19.1 Å². The molecule has 0 aliphatic heterocycles. The first kappa shape index (κ1) is 12.7. The third-order valence-corrected chi connectivity index (χ3v) is 3.73. The van der Waals surface area contributed by atoms with Gasteiger partial charge < -0.3 is 9.88 Å². The molecule has 1 heterocycles. The molecule has 1 aromatic carbocycles. The maximum Gasteiger partial charge on any atom is 0.0418 e. The molecule has 18 heavy (non-hydrogen) atoms. The number of nitrogens with one attached hydrogen (secondary N) is 1. The molecule has 0 saturated heterocycles. The number of hydrogen-bond acceptors (Lipinski definition) is 1. The highest BCUT2D eigenvalue weighted by Gasteiger charge is 2.05. The molecule has 2 rings (SSSR count). The summed E-state index contributed by atoms with van der Waals surface area (Å²) in [6, 6.07) is 10.9. The summed E-state index contributed by atoms with van der Waals surface area (Å²) in [5, 5.41) is 3.48. The second kappa shape index (κ2) is 5.30. The molecule has 0 aliphatic rings. The van der Waals surface area contributed by atoms with Gasteiger partial charge in [0.15, 0.2) is 0 Å². The van der Waals surface area contributed by atoms with Gasteiger partial charge in [0.25, 0.3) is 0 Å². The molecule has 0 amide bonds. The average Bonchev–Trinajstić information content (AvgIpc) is 2.64. The maximum atomic E-state index is 3.48. The van der Waals surface area contributed by atoms with E-state index < -0.39 is 0 Å². The number of aromatic nitrogens is 1. The molecule has 0 fully saturated rings. The summed E-state index contributed by atoms with van der Waals surface area (Å²) >= 11 is 0. The number of rotatable bonds is 4. The Balaban J connectivity index is 2.04. The van der Waals surface area contributed by atoms with E-state index in [1.807, 2.05) is 0 Å². The molecular weight excluding hydrogens is 220 g/mol. The van der Waals surface area contributed by atoms with Crippen molar-refractivity contribution in [2.45, 2.75) is 33.7 Å². The SMILES string of the molecule is CCc1ccc(NCc2cc(C)n(C)c2C)cc1. The van der Waals surface area contributed by atoms with Gasteiger partial charge in [0, 0.05) is 30.7 Å². The molecule has 0 aliphatic carbocycles. The van der Waals surface area contributed by atoms with Crippen LogP contribution in [0.2, 0.25) is 0 Å². The summed E-state index contributed by atoms with van der Waals surface area (Å²) in [4.78, 5) is 0. The van der Waals surface area contributed by atoms with E-state index in [4.69, 9.17) is 0 Å². The van der Waals surface area contributed by atoms with Crippen molar-refractivity contribution in [2.75, 3.05) is 5.32 Å². The Morgan fingerprint density at radius 1 is 1.11 bits per heavy atom. The number of anilines is 1. The van der Waals surface area contributed by atoms with Gasteiger partial charge in [0.1, 0.15) is 0 Å². The van der Waals surface area contributed by atoms with Crippen molar-refractivity contribution in [2.24, 2.45) is 7.05 Å². The molecule has 2 nitrogen and oxygen atoms in total. The monoisotopic (exact) mass is 242 g/mol. The summed E-state index contributed by atoms with van der Waals surface area (Å²) in [6.45, 7) is 7.38. The standard InChI is InChI=1S/C16H22N2/c1-5-14-6-8-16(9-7-14)17-11-15-10-12(2)18(4)13(15)3/h6-10,17H,5,11H2,1-4H3. The zero-order chi connectivity index (χ0) is 13.1. The average molecular weight is 242 g/mol. The van der Waals surface area contributed by atoms with E-state index in [1.165, 1.54) is 28.2 Å². The van der Waals surface area contributed by atoms with Crippen molar-refractivity contribution in [1.82, 2.24) is 4.57 Å². The lowest BCUT2D eigenvalue weighted by Gasteiger charge is -2.07. The van der Waals surface area contributed by atoms with Crippen molar-refractivity contribution in [3.05, 3.63) is 52.8 Å². The van der Waals surface area contributed by atoms with Gasteiger partial charge in [-0.05, 0) is 49.6 Å². The van der Waals surface area contributed by atoms with Gasteiger partial charge in [-0.3, -0.25) is 0 Å². The Hall–Kier alpha value is -1.70. The van der Waals surface area contributed by atoms with Crippen LogP contribution in [0.4, 0.5) is 5.69 Å². The zero-order valence-corrected chi connectivity index (χ0v) is 11.7. The second-order valence-electron chi connectivity index (χ2n) is 4.86. The van der Waals surface area contributed by atoms with Crippen molar-refractivity contribution in [3.8, 4) is 0 Å². The van der Waals surface area contributed by atoms with E-state index >= 15 is 0 Å². The van der Waals surface area contributed by atoms with Gasteiger partial charge in [-0.2, -0.15) is 0 Å². The smallest absolute Gasteiger partial charge is 0.0418 e. The number of hydrogen-bond donors (Lipinski definition) is 1. The van der Waals surface area contributed by atoms with E-state index in [9.17, 15) is 0 Å². The first-order valence-corrected chi connectivity index (χ1v) is 6.56. The summed E-state index contributed by atoms with van der Waals surface area (Å²) in [6.07, 6.45) is 1.09. The van der Waals surface area contributed by atoms with Crippen LogP contribution in [0.3, 0.4) is 0 Å². The third kappa shape index (κ3) is 2.58. The van der Waals surface area contributed by atoms with E-state index in [-0.39, 0.29) is 0 Å². The molecule has 1 aromatic heterocycles. The van der Waals surface area contributed by atoms with Crippen LogP contribution in [0, 0.1) is 13.8 Å². The quantitative estimate of drug-likeness (QED) is 0.862. The summed E-state index contributed by atoms with van der Waals surface area (Å²) in [5.41, 5.74) is 6.59. The van der Waals surface area contributed by atoms with Crippen LogP contribution in [0.1, 0.15) is 29.4 Å². The number of benzene rings is 1. The van der Waals surface area contributed by atoms with Crippen LogP contribution in [0.15, 0.2) is 30.3 Å². The Bertz CT molecular complexity index is 521. The van der Waals surface area contributed by atoms with Crippen molar-refractivity contribution < 1.29 is 0 Å². The molecule has 96 valence electrons. The fourth-order valence-corrected chi connectivity index (χ4v) is 2.17. The van der Waals surface area contributed by atoms with Crippen molar-refractivity contribution >= 4 is 5.69 Å². The second-order valence-corrected chi connectivity index (χ2v) is 4.86. The van der Waals surface area contributed by atoms with Gasteiger partial charge in [0.2, 0.25) is 0 Å². The van der Waals surface area contributed by atoms with Gasteiger partial charge in [-0.15, -0.1) is 0 Å². The van der Waals surface area contributed by atoms with Crippen LogP contribution >= 0.6 is 0 Å². The van der Waals surface area contributed by atoms with E-state index in [2.05, 4.69) is 68.0 Å². The lowest BCUT2D eigenvalue weighted by atomic mass is 10.1. The molecule has 2 aromatic rings. The van der Waals surface area contributed by atoms with Gasteiger partial charge in [-0.25, -0.2) is 0 Å². The first-order chi connectivity index (χ1) is 8.61. The summed E-state index contributed by atoms with van der Waals surface area (Å²) in [7, 11) is 2.12. The van der Waals surface area contributed by atoms with Crippen LogP contribution < -0.4 is 5.32 Å². The Kier molecular flexibility index (Phi) is 3.75. The predicted molar refractivity (Wildman–Crippen MR) is 78.0 cm³/mol. The highest BCUT2D eigenvalue weighted by molar-refractivity contribution is 5.45. The van der Waals surface area contributed by atoms with Crippen LogP contribution in [-0.2, 0) is 20.0 Å². The Labute approximate surface area is 110 Å². The minimum Gasteiger partial charge on any atom is -0.381 e. The molecule has 0 unspecified atom stereocenters. The zero-order valence-electron chi connectivity index (χ0n) is 11.7. The van der Waals surface area contributed by atoms with Crippen molar-refractivity contribution in [1.29, 1.82) is 0 Å². The molecule has 0 bridgehead atoms. The van der Waals surface area contributed by atoms with Crippen LogP contribution in [0.25, 0.3) is 0 Å².